The van der Waals surface area contributed by atoms with Gasteiger partial charge in [0.1, 0.15) is 0 Å². The number of amides is 1. The molecule has 0 spiro atoms. The minimum Gasteiger partial charge on any atom is -0.465 e. The van der Waals surface area contributed by atoms with E-state index in [-0.39, 0.29) is 23.4 Å². The first-order valence-corrected chi connectivity index (χ1v) is 7.72. The zero-order valence-corrected chi connectivity index (χ0v) is 14.0. The lowest BCUT2D eigenvalue weighted by molar-refractivity contribution is -0.138. The number of nitrogens with zero attached hydrogens (tertiary/aromatic N) is 1. The minimum atomic E-state index is -4.58. The average Bonchev–Trinajstić information content (AvgIpc) is 2.58. The summed E-state index contributed by atoms with van der Waals surface area (Å²) in [6, 6.07) is 2.36. The summed E-state index contributed by atoms with van der Waals surface area (Å²) in [5.41, 5.74) is -0.753. The third-order valence-electron chi connectivity index (χ3n) is 3.85. The number of benzene rings is 1. The highest BCUT2D eigenvalue weighted by Crippen LogP contribution is 2.40. The SMILES string of the molecule is CCOC(=O)N1c2ccc(C(F)(F)F)cc2C(C(=O)OC)=CC1CC. The fraction of sp³-hybridized carbons (Fsp3) is 0.412. The van der Waals surface area contributed by atoms with E-state index in [0.717, 1.165) is 19.2 Å². The fourth-order valence-electron chi connectivity index (χ4n) is 2.69. The van der Waals surface area contributed by atoms with Crippen LogP contribution in [-0.2, 0) is 20.4 Å². The van der Waals surface area contributed by atoms with Gasteiger partial charge in [-0.25, -0.2) is 9.59 Å². The standard InChI is InChI=1S/C17H18F3NO4/c1-4-11-9-13(15(22)24-3)12-8-10(17(18,19)20)6-7-14(12)21(11)16(23)25-5-2/h6-9,11H,4-5H2,1-3H3. The van der Waals surface area contributed by atoms with Crippen LogP contribution in [0.1, 0.15) is 31.4 Å². The third kappa shape index (κ3) is 3.62. The van der Waals surface area contributed by atoms with Crippen molar-refractivity contribution in [2.75, 3.05) is 18.6 Å². The van der Waals surface area contributed by atoms with E-state index in [0.29, 0.717) is 6.42 Å². The molecule has 1 aliphatic heterocycles. The second-order valence-corrected chi connectivity index (χ2v) is 5.35. The van der Waals surface area contributed by atoms with Crippen molar-refractivity contribution >= 4 is 23.3 Å². The smallest absolute Gasteiger partial charge is 0.416 e. The minimum absolute atomic E-state index is 0.00371. The maximum absolute atomic E-state index is 13.0. The molecule has 0 aliphatic carbocycles. The number of alkyl halides is 3. The monoisotopic (exact) mass is 357 g/mol. The molecule has 0 saturated heterocycles. The summed E-state index contributed by atoms with van der Waals surface area (Å²) in [4.78, 5) is 25.6. The van der Waals surface area contributed by atoms with Crippen LogP contribution < -0.4 is 4.90 Å². The molecule has 0 radical (unpaired) electrons. The van der Waals surface area contributed by atoms with E-state index in [1.165, 1.54) is 17.0 Å². The number of anilines is 1. The molecule has 5 nitrogen and oxygen atoms in total. The average molecular weight is 357 g/mol. The van der Waals surface area contributed by atoms with Crippen molar-refractivity contribution in [3.63, 3.8) is 0 Å². The van der Waals surface area contributed by atoms with Gasteiger partial charge in [-0.2, -0.15) is 13.2 Å². The second kappa shape index (κ2) is 7.16. The Kier molecular flexibility index (Phi) is 5.39. The molecule has 136 valence electrons. The molecule has 8 heteroatoms. The Morgan fingerprint density at radius 2 is 1.92 bits per heavy atom. The number of carbonyl (C=O) groups excluding carboxylic acids is 2. The van der Waals surface area contributed by atoms with Crippen molar-refractivity contribution in [1.29, 1.82) is 0 Å². The van der Waals surface area contributed by atoms with Gasteiger partial charge in [-0.15, -0.1) is 0 Å². The Labute approximate surface area is 143 Å². The molecule has 0 aromatic heterocycles. The van der Waals surface area contributed by atoms with E-state index in [1.807, 2.05) is 0 Å². The van der Waals surface area contributed by atoms with Gasteiger partial charge in [0.15, 0.2) is 0 Å². The van der Waals surface area contributed by atoms with Crippen LogP contribution in [0.4, 0.5) is 23.7 Å². The quantitative estimate of drug-likeness (QED) is 0.767. The number of rotatable bonds is 3. The van der Waals surface area contributed by atoms with Crippen LogP contribution in [0.25, 0.3) is 5.57 Å². The van der Waals surface area contributed by atoms with Crippen LogP contribution in [-0.4, -0.2) is 31.8 Å². The van der Waals surface area contributed by atoms with Gasteiger partial charge < -0.3 is 9.47 Å². The molecule has 1 aromatic carbocycles. The first kappa shape index (κ1) is 18.8. The number of ether oxygens (including phenoxy) is 2. The maximum atomic E-state index is 13.0. The highest BCUT2D eigenvalue weighted by molar-refractivity contribution is 6.20. The predicted molar refractivity (Wildman–Crippen MR) is 85.0 cm³/mol. The van der Waals surface area contributed by atoms with Crippen molar-refractivity contribution in [3.8, 4) is 0 Å². The number of methoxy groups -OCH3 is 1. The zero-order valence-electron chi connectivity index (χ0n) is 14.0. The molecule has 25 heavy (non-hydrogen) atoms. The van der Waals surface area contributed by atoms with Crippen LogP contribution in [0, 0.1) is 0 Å². The van der Waals surface area contributed by atoms with Gasteiger partial charge in [-0.05, 0) is 37.6 Å². The zero-order chi connectivity index (χ0) is 18.8. The van der Waals surface area contributed by atoms with Crippen LogP contribution in [0.3, 0.4) is 0 Å². The number of hydrogen-bond donors (Lipinski definition) is 0. The molecule has 1 unspecified atom stereocenters. The van der Waals surface area contributed by atoms with Gasteiger partial charge in [0, 0.05) is 5.56 Å². The van der Waals surface area contributed by atoms with E-state index in [4.69, 9.17) is 4.74 Å². The summed E-state index contributed by atoms with van der Waals surface area (Å²) in [6.07, 6.45) is -3.38. The van der Waals surface area contributed by atoms with Crippen LogP contribution >= 0.6 is 0 Å². The van der Waals surface area contributed by atoms with E-state index in [1.54, 1.807) is 13.8 Å². The number of halogens is 3. The molecule has 0 bridgehead atoms. The van der Waals surface area contributed by atoms with Crippen LogP contribution in [0.15, 0.2) is 24.3 Å². The largest absolute Gasteiger partial charge is 0.465 e. The summed E-state index contributed by atoms with van der Waals surface area (Å²) >= 11 is 0. The van der Waals surface area contributed by atoms with Crippen molar-refractivity contribution in [2.24, 2.45) is 0 Å². The highest BCUT2D eigenvalue weighted by atomic mass is 19.4. The number of carbonyl (C=O) groups is 2. The van der Waals surface area contributed by atoms with Crippen molar-refractivity contribution in [3.05, 3.63) is 35.4 Å². The molecule has 1 heterocycles. The van der Waals surface area contributed by atoms with E-state index in [9.17, 15) is 22.8 Å². The Hall–Kier alpha value is -2.51. The lowest BCUT2D eigenvalue weighted by atomic mass is 9.92. The normalized spacial score (nSPS) is 16.8. The Bertz CT molecular complexity index is 712. The van der Waals surface area contributed by atoms with Crippen LogP contribution in [0.5, 0.6) is 0 Å². The molecule has 0 fully saturated rings. The fourth-order valence-corrected chi connectivity index (χ4v) is 2.69. The van der Waals surface area contributed by atoms with Gasteiger partial charge in [-0.3, -0.25) is 4.90 Å². The highest BCUT2D eigenvalue weighted by Gasteiger charge is 2.37. The molecule has 2 rings (SSSR count). The van der Waals surface area contributed by atoms with Gasteiger partial charge in [0.25, 0.3) is 0 Å². The van der Waals surface area contributed by atoms with Crippen molar-refractivity contribution < 1.29 is 32.2 Å². The molecule has 0 N–H and O–H groups in total. The molecule has 1 aliphatic rings. The first-order chi connectivity index (χ1) is 11.7. The summed E-state index contributed by atoms with van der Waals surface area (Å²) in [5, 5.41) is 0. The molecule has 1 amide bonds. The van der Waals surface area contributed by atoms with Gasteiger partial charge >= 0.3 is 18.2 Å². The molecule has 0 saturated carbocycles. The van der Waals surface area contributed by atoms with E-state index < -0.39 is 29.8 Å². The summed E-state index contributed by atoms with van der Waals surface area (Å²) < 4.78 is 48.8. The molecule has 1 atom stereocenters. The van der Waals surface area contributed by atoms with E-state index >= 15 is 0 Å². The van der Waals surface area contributed by atoms with E-state index in [2.05, 4.69) is 4.74 Å². The first-order valence-electron chi connectivity index (χ1n) is 7.72. The Morgan fingerprint density at radius 3 is 2.44 bits per heavy atom. The van der Waals surface area contributed by atoms with Gasteiger partial charge in [0.2, 0.25) is 0 Å². The lowest BCUT2D eigenvalue weighted by Gasteiger charge is -2.34. The maximum Gasteiger partial charge on any atom is 0.416 e. The third-order valence-corrected chi connectivity index (χ3v) is 3.85. The van der Waals surface area contributed by atoms with Crippen LogP contribution in [0.2, 0.25) is 0 Å². The summed E-state index contributed by atoms with van der Waals surface area (Å²) in [5.74, 6) is -0.762. The topological polar surface area (TPSA) is 55.8 Å². The number of esters is 1. The number of fused-ring (bicyclic) bond motifs is 1. The number of hydrogen-bond acceptors (Lipinski definition) is 4. The molecular formula is C17H18F3NO4. The van der Waals surface area contributed by atoms with Crippen molar-refractivity contribution in [2.45, 2.75) is 32.5 Å². The second-order valence-electron chi connectivity index (χ2n) is 5.35. The molecular weight excluding hydrogens is 339 g/mol. The Morgan fingerprint density at radius 1 is 1.24 bits per heavy atom. The van der Waals surface area contributed by atoms with Crippen molar-refractivity contribution in [1.82, 2.24) is 0 Å². The van der Waals surface area contributed by atoms with Gasteiger partial charge in [-0.1, -0.05) is 6.92 Å². The summed E-state index contributed by atoms with van der Waals surface area (Å²) in [7, 11) is 1.15. The summed E-state index contributed by atoms with van der Waals surface area (Å²) in [6.45, 7) is 3.54. The molecule has 1 aromatic rings. The lowest BCUT2D eigenvalue weighted by Crippen LogP contribution is -2.42. The Balaban J connectivity index is 2.66. The van der Waals surface area contributed by atoms with Gasteiger partial charge in [0.05, 0.1) is 36.6 Å². The predicted octanol–water partition coefficient (Wildman–Crippen LogP) is 4.02.